The molecule has 0 saturated heterocycles. The molecule has 0 saturated carbocycles. The van der Waals surface area contributed by atoms with Gasteiger partial charge in [-0.2, -0.15) is 0 Å². The smallest absolute Gasteiger partial charge is 0.106 e. The molecular formula is C10H13NO. The maximum atomic E-state index is 4.55. The van der Waals surface area contributed by atoms with Crippen molar-refractivity contribution < 1.29 is 4.84 Å². The van der Waals surface area contributed by atoms with Gasteiger partial charge < -0.3 is 4.84 Å². The van der Waals surface area contributed by atoms with E-state index < -0.39 is 0 Å². The second kappa shape index (κ2) is 5.35. The molecule has 0 heterocycles. The lowest BCUT2D eigenvalue weighted by Gasteiger charge is -1.95. The molecule has 0 aliphatic heterocycles. The van der Waals surface area contributed by atoms with E-state index in [1.165, 1.54) is 5.56 Å². The van der Waals surface area contributed by atoms with Gasteiger partial charge in [-0.3, -0.25) is 0 Å². The third kappa shape index (κ3) is 3.19. The van der Waals surface area contributed by atoms with Crippen molar-refractivity contribution in [2.45, 2.75) is 12.8 Å². The van der Waals surface area contributed by atoms with Crippen LogP contribution in [0.4, 0.5) is 0 Å². The molecular weight excluding hydrogens is 150 g/mol. The topological polar surface area (TPSA) is 21.6 Å². The van der Waals surface area contributed by atoms with Gasteiger partial charge in [0, 0.05) is 6.21 Å². The third-order valence-electron chi connectivity index (χ3n) is 1.58. The summed E-state index contributed by atoms with van der Waals surface area (Å²) in [7, 11) is 1.55. The minimum absolute atomic E-state index is 0.928. The van der Waals surface area contributed by atoms with Crippen LogP contribution in [0.3, 0.4) is 0 Å². The van der Waals surface area contributed by atoms with Gasteiger partial charge >= 0.3 is 0 Å². The molecule has 0 spiro atoms. The van der Waals surface area contributed by atoms with Crippen molar-refractivity contribution >= 4 is 6.21 Å². The van der Waals surface area contributed by atoms with Crippen LogP contribution in [0.25, 0.3) is 0 Å². The molecule has 1 rings (SSSR count). The van der Waals surface area contributed by atoms with Gasteiger partial charge in [-0.25, -0.2) is 0 Å². The molecule has 0 radical (unpaired) electrons. The molecule has 64 valence electrons. The van der Waals surface area contributed by atoms with Crippen molar-refractivity contribution in [3.8, 4) is 0 Å². The zero-order chi connectivity index (χ0) is 8.65. The molecule has 1 aromatic rings. The Morgan fingerprint density at radius 3 is 2.75 bits per heavy atom. The lowest BCUT2D eigenvalue weighted by atomic mass is 10.1. The van der Waals surface area contributed by atoms with Gasteiger partial charge in [0.2, 0.25) is 0 Å². The summed E-state index contributed by atoms with van der Waals surface area (Å²) in [5.74, 6) is 0. The summed E-state index contributed by atoms with van der Waals surface area (Å²) in [6, 6.07) is 10.3. The summed E-state index contributed by atoms with van der Waals surface area (Å²) in [5.41, 5.74) is 1.33. The predicted octanol–water partition coefficient (Wildman–Crippen LogP) is 2.25. The van der Waals surface area contributed by atoms with Crippen LogP contribution < -0.4 is 0 Å². The average molecular weight is 163 g/mol. The Hall–Kier alpha value is -1.31. The SMILES string of the molecule is CO/N=C\CCc1ccccc1. The Labute approximate surface area is 72.9 Å². The molecule has 0 aliphatic carbocycles. The Balaban J connectivity index is 2.29. The first-order valence-corrected chi connectivity index (χ1v) is 4.02. The van der Waals surface area contributed by atoms with E-state index in [0.717, 1.165) is 12.8 Å². The van der Waals surface area contributed by atoms with E-state index >= 15 is 0 Å². The molecule has 2 heteroatoms. The van der Waals surface area contributed by atoms with E-state index in [1.807, 2.05) is 18.2 Å². The monoisotopic (exact) mass is 163 g/mol. The third-order valence-corrected chi connectivity index (χ3v) is 1.58. The van der Waals surface area contributed by atoms with E-state index in [-0.39, 0.29) is 0 Å². The highest BCUT2D eigenvalue weighted by Crippen LogP contribution is 2.00. The van der Waals surface area contributed by atoms with Crippen LogP contribution in [0.15, 0.2) is 35.5 Å². The molecule has 0 atom stereocenters. The highest BCUT2D eigenvalue weighted by molar-refractivity contribution is 5.56. The zero-order valence-corrected chi connectivity index (χ0v) is 7.23. The molecule has 0 aromatic heterocycles. The van der Waals surface area contributed by atoms with Gasteiger partial charge in [-0.15, -0.1) is 0 Å². The van der Waals surface area contributed by atoms with Crippen molar-refractivity contribution in [1.82, 2.24) is 0 Å². The first kappa shape index (κ1) is 8.78. The minimum atomic E-state index is 0.928. The quantitative estimate of drug-likeness (QED) is 0.492. The maximum Gasteiger partial charge on any atom is 0.106 e. The normalized spacial score (nSPS) is 10.4. The van der Waals surface area contributed by atoms with Crippen LogP contribution in [0.5, 0.6) is 0 Å². The number of benzene rings is 1. The van der Waals surface area contributed by atoms with Gasteiger partial charge in [-0.05, 0) is 18.4 Å². The number of oxime groups is 1. The second-order valence-electron chi connectivity index (χ2n) is 2.49. The molecule has 0 bridgehead atoms. The van der Waals surface area contributed by atoms with E-state index in [4.69, 9.17) is 0 Å². The van der Waals surface area contributed by atoms with Gasteiger partial charge in [0.25, 0.3) is 0 Å². The van der Waals surface area contributed by atoms with E-state index in [1.54, 1.807) is 13.3 Å². The molecule has 1 aromatic carbocycles. The maximum absolute atomic E-state index is 4.55. The van der Waals surface area contributed by atoms with Gasteiger partial charge in [0.1, 0.15) is 7.11 Å². The Bertz CT molecular complexity index is 231. The van der Waals surface area contributed by atoms with Crippen molar-refractivity contribution in [2.24, 2.45) is 5.16 Å². The molecule has 0 aliphatic rings. The number of aryl methyl sites for hydroxylation is 1. The lowest BCUT2D eigenvalue weighted by molar-refractivity contribution is 0.214. The van der Waals surface area contributed by atoms with Gasteiger partial charge in [0.15, 0.2) is 0 Å². The zero-order valence-electron chi connectivity index (χ0n) is 7.23. The van der Waals surface area contributed by atoms with Crippen LogP contribution in [-0.4, -0.2) is 13.3 Å². The van der Waals surface area contributed by atoms with Crippen molar-refractivity contribution in [1.29, 1.82) is 0 Å². The van der Waals surface area contributed by atoms with Gasteiger partial charge in [0.05, 0.1) is 0 Å². The van der Waals surface area contributed by atoms with Crippen LogP contribution >= 0.6 is 0 Å². The average Bonchev–Trinajstić information content (AvgIpc) is 2.14. The standard InChI is InChI=1S/C10H13NO/c1-12-11-9-5-8-10-6-3-2-4-7-10/h2-4,6-7,9H,5,8H2,1H3/b11-9-. The van der Waals surface area contributed by atoms with Crippen LogP contribution in [-0.2, 0) is 11.3 Å². The van der Waals surface area contributed by atoms with E-state index in [9.17, 15) is 0 Å². The fourth-order valence-electron chi connectivity index (χ4n) is 1.00. The summed E-state index contributed by atoms with van der Waals surface area (Å²) in [6.07, 6.45) is 3.73. The van der Waals surface area contributed by atoms with Crippen molar-refractivity contribution in [3.63, 3.8) is 0 Å². The highest BCUT2D eigenvalue weighted by atomic mass is 16.6. The number of hydrogen-bond donors (Lipinski definition) is 0. The van der Waals surface area contributed by atoms with E-state index in [2.05, 4.69) is 22.1 Å². The van der Waals surface area contributed by atoms with Crippen molar-refractivity contribution in [2.75, 3.05) is 7.11 Å². The molecule has 0 N–H and O–H groups in total. The number of hydrogen-bond acceptors (Lipinski definition) is 2. The predicted molar refractivity (Wildman–Crippen MR) is 50.3 cm³/mol. The highest BCUT2D eigenvalue weighted by Gasteiger charge is 1.87. The molecule has 0 unspecified atom stereocenters. The minimum Gasteiger partial charge on any atom is -0.399 e. The Kier molecular flexibility index (Phi) is 3.92. The first-order chi connectivity index (χ1) is 5.93. The summed E-state index contributed by atoms with van der Waals surface area (Å²) in [4.78, 5) is 4.55. The van der Waals surface area contributed by atoms with Crippen LogP contribution in [0, 0.1) is 0 Å². The Morgan fingerprint density at radius 2 is 2.08 bits per heavy atom. The number of nitrogens with zero attached hydrogens (tertiary/aromatic N) is 1. The largest absolute Gasteiger partial charge is 0.399 e. The summed E-state index contributed by atoms with van der Waals surface area (Å²) < 4.78 is 0. The summed E-state index contributed by atoms with van der Waals surface area (Å²) in [5, 5.41) is 3.66. The lowest BCUT2D eigenvalue weighted by Crippen LogP contribution is -1.85. The van der Waals surface area contributed by atoms with Gasteiger partial charge in [-0.1, -0.05) is 35.5 Å². The summed E-state index contributed by atoms with van der Waals surface area (Å²) in [6.45, 7) is 0. The first-order valence-electron chi connectivity index (χ1n) is 4.02. The Morgan fingerprint density at radius 1 is 1.33 bits per heavy atom. The summed E-state index contributed by atoms with van der Waals surface area (Å²) >= 11 is 0. The molecule has 0 fully saturated rings. The van der Waals surface area contributed by atoms with Crippen LogP contribution in [0.1, 0.15) is 12.0 Å². The fourth-order valence-corrected chi connectivity index (χ4v) is 1.00. The number of rotatable bonds is 4. The van der Waals surface area contributed by atoms with Crippen molar-refractivity contribution in [3.05, 3.63) is 35.9 Å². The molecule has 12 heavy (non-hydrogen) atoms. The fraction of sp³-hybridized carbons (Fsp3) is 0.300. The molecule has 0 amide bonds. The van der Waals surface area contributed by atoms with Crippen LogP contribution in [0.2, 0.25) is 0 Å². The molecule has 2 nitrogen and oxygen atoms in total. The second-order valence-corrected chi connectivity index (χ2v) is 2.49. The van der Waals surface area contributed by atoms with E-state index in [0.29, 0.717) is 0 Å².